The van der Waals surface area contributed by atoms with Crippen LogP contribution in [0.25, 0.3) is 11.4 Å². The molecule has 0 amide bonds. The Bertz CT molecular complexity index is 1200. The van der Waals surface area contributed by atoms with Crippen molar-refractivity contribution in [2.75, 3.05) is 10.6 Å². The number of tetrazole rings is 1. The highest BCUT2D eigenvalue weighted by molar-refractivity contribution is 7.92. The lowest BCUT2D eigenvalue weighted by molar-refractivity contribution is 0.0961. The Balaban J connectivity index is 1.55. The first kappa shape index (κ1) is 19.3. The van der Waals surface area contributed by atoms with Crippen molar-refractivity contribution >= 4 is 21.5 Å². The average Bonchev–Trinajstić information content (AvgIpc) is 3.24. The van der Waals surface area contributed by atoms with E-state index >= 15 is 0 Å². The van der Waals surface area contributed by atoms with E-state index < -0.39 is 10.0 Å². The molecule has 0 saturated heterocycles. The molecule has 1 atom stereocenters. The topological polar surface area (TPSA) is 98.0 Å². The van der Waals surface area contributed by atoms with Crippen LogP contribution in [0, 0.1) is 6.92 Å². The van der Waals surface area contributed by atoms with E-state index in [1.54, 1.807) is 18.2 Å². The van der Waals surface area contributed by atoms with Gasteiger partial charge in [-0.05, 0) is 54.8 Å². The molecule has 4 rings (SSSR count). The SMILES string of the molecule is Cc1ccccc1-c1nnn(CC(=O)c2ccc3c(c2)C[C@@H](C)N3S(C)(=O)=O)n1. The summed E-state index contributed by atoms with van der Waals surface area (Å²) in [5.74, 6) is 0.314. The number of hydrogen-bond donors (Lipinski definition) is 0. The predicted octanol–water partition coefficient (Wildman–Crippen LogP) is 2.24. The second-order valence-corrected chi connectivity index (χ2v) is 9.20. The van der Waals surface area contributed by atoms with Gasteiger partial charge in [-0.2, -0.15) is 4.80 Å². The molecule has 2 aromatic carbocycles. The van der Waals surface area contributed by atoms with Crippen LogP contribution >= 0.6 is 0 Å². The molecule has 0 spiro atoms. The van der Waals surface area contributed by atoms with E-state index in [2.05, 4.69) is 15.4 Å². The zero-order valence-corrected chi connectivity index (χ0v) is 17.2. The smallest absolute Gasteiger partial charge is 0.232 e. The lowest BCUT2D eigenvalue weighted by atomic mass is 10.0. The molecule has 1 aliphatic rings. The maximum absolute atomic E-state index is 12.7. The first-order valence-electron chi connectivity index (χ1n) is 9.23. The minimum absolute atomic E-state index is 0.0387. The fraction of sp³-hybridized carbons (Fsp3) is 0.300. The summed E-state index contributed by atoms with van der Waals surface area (Å²) in [5.41, 5.74) is 3.89. The van der Waals surface area contributed by atoms with Gasteiger partial charge >= 0.3 is 0 Å². The van der Waals surface area contributed by atoms with Gasteiger partial charge in [-0.3, -0.25) is 9.10 Å². The average molecular weight is 411 g/mol. The van der Waals surface area contributed by atoms with Gasteiger partial charge in [0.1, 0.15) is 6.54 Å². The number of hydrogen-bond acceptors (Lipinski definition) is 6. The summed E-state index contributed by atoms with van der Waals surface area (Å²) in [7, 11) is -3.36. The van der Waals surface area contributed by atoms with Gasteiger partial charge in [-0.15, -0.1) is 10.2 Å². The fourth-order valence-corrected chi connectivity index (χ4v) is 5.01. The number of rotatable bonds is 5. The van der Waals surface area contributed by atoms with Crippen LogP contribution in [-0.2, 0) is 23.0 Å². The molecule has 29 heavy (non-hydrogen) atoms. The number of anilines is 1. The third-order valence-corrected chi connectivity index (χ3v) is 6.31. The van der Waals surface area contributed by atoms with E-state index in [9.17, 15) is 13.2 Å². The molecular formula is C20H21N5O3S. The molecule has 3 aromatic rings. The van der Waals surface area contributed by atoms with Crippen molar-refractivity contribution in [3.63, 3.8) is 0 Å². The third-order valence-electron chi connectivity index (χ3n) is 5.04. The molecule has 0 unspecified atom stereocenters. The van der Waals surface area contributed by atoms with E-state index in [0.717, 1.165) is 16.7 Å². The Morgan fingerprint density at radius 2 is 1.97 bits per heavy atom. The van der Waals surface area contributed by atoms with Gasteiger partial charge in [-0.1, -0.05) is 24.3 Å². The number of fused-ring (bicyclic) bond motifs is 1. The van der Waals surface area contributed by atoms with Gasteiger partial charge in [0, 0.05) is 17.2 Å². The number of aryl methyl sites for hydroxylation is 1. The molecule has 8 nitrogen and oxygen atoms in total. The van der Waals surface area contributed by atoms with Crippen LogP contribution in [0.4, 0.5) is 5.69 Å². The number of aromatic nitrogens is 4. The van der Waals surface area contributed by atoms with Crippen LogP contribution in [0.3, 0.4) is 0 Å². The maximum Gasteiger partial charge on any atom is 0.232 e. The van der Waals surface area contributed by atoms with Crippen molar-refractivity contribution in [3.8, 4) is 11.4 Å². The number of Topliss-reactive ketones (excluding diaryl/α,β-unsaturated/α-hetero) is 1. The molecule has 1 aliphatic heterocycles. The summed E-state index contributed by atoms with van der Waals surface area (Å²) in [5, 5.41) is 12.4. The Hall–Kier alpha value is -3.07. The summed E-state index contributed by atoms with van der Waals surface area (Å²) in [6, 6.07) is 12.7. The first-order valence-corrected chi connectivity index (χ1v) is 11.1. The lowest BCUT2D eigenvalue weighted by Crippen LogP contribution is -2.34. The van der Waals surface area contributed by atoms with E-state index in [0.29, 0.717) is 23.5 Å². The Kier molecular flexibility index (Phi) is 4.70. The fourth-order valence-electron chi connectivity index (χ4n) is 3.74. The van der Waals surface area contributed by atoms with Crippen molar-refractivity contribution in [1.82, 2.24) is 20.2 Å². The molecule has 1 aromatic heterocycles. The lowest BCUT2D eigenvalue weighted by Gasteiger charge is -2.21. The molecule has 150 valence electrons. The first-order chi connectivity index (χ1) is 13.7. The normalized spacial score (nSPS) is 16.1. The molecule has 0 radical (unpaired) electrons. The summed E-state index contributed by atoms with van der Waals surface area (Å²) in [4.78, 5) is 14.0. The van der Waals surface area contributed by atoms with Gasteiger partial charge < -0.3 is 0 Å². The van der Waals surface area contributed by atoms with E-state index in [1.807, 2.05) is 38.1 Å². The monoisotopic (exact) mass is 411 g/mol. The second-order valence-electron chi connectivity index (χ2n) is 7.34. The van der Waals surface area contributed by atoms with Crippen molar-refractivity contribution < 1.29 is 13.2 Å². The number of benzene rings is 2. The minimum atomic E-state index is -3.36. The van der Waals surface area contributed by atoms with Gasteiger partial charge in [0.15, 0.2) is 5.78 Å². The van der Waals surface area contributed by atoms with Crippen molar-refractivity contribution in [3.05, 3.63) is 59.2 Å². The highest BCUT2D eigenvalue weighted by Gasteiger charge is 2.32. The molecule has 0 fully saturated rings. The quantitative estimate of drug-likeness (QED) is 0.597. The van der Waals surface area contributed by atoms with Crippen LogP contribution in [0.5, 0.6) is 0 Å². The summed E-state index contributed by atoms with van der Waals surface area (Å²) >= 11 is 0. The second kappa shape index (κ2) is 7.07. The van der Waals surface area contributed by atoms with Crippen LogP contribution < -0.4 is 4.31 Å². The number of carbonyl (C=O) groups is 1. The van der Waals surface area contributed by atoms with Gasteiger partial charge in [0.05, 0.1) is 11.9 Å². The predicted molar refractivity (Wildman–Crippen MR) is 109 cm³/mol. The molecular weight excluding hydrogens is 390 g/mol. The molecule has 0 aliphatic carbocycles. The Morgan fingerprint density at radius 1 is 1.21 bits per heavy atom. The molecule has 0 bridgehead atoms. The zero-order chi connectivity index (χ0) is 20.8. The molecule has 2 heterocycles. The van der Waals surface area contributed by atoms with Gasteiger partial charge in [0.2, 0.25) is 15.8 Å². The molecule has 0 N–H and O–H groups in total. The van der Waals surface area contributed by atoms with E-state index in [4.69, 9.17) is 0 Å². The molecule has 9 heteroatoms. The number of carbonyl (C=O) groups excluding carboxylic acids is 1. The summed E-state index contributed by atoms with van der Waals surface area (Å²) < 4.78 is 25.5. The summed E-state index contributed by atoms with van der Waals surface area (Å²) in [6.07, 6.45) is 1.77. The maximum atomic E-state index is 12.7. The van der Waals surface area contributed by atoms with Crippen molar-refractivity contribution in [2.24, 2.45) is 0 Å². The van der Waals surface area contributed by atoms with Crippen molar-refractivity contribution in [1.29, 1.82) is 0 Å². The van der Waals surface area contributed by atoms with Gasteiger partial charge in [0.25, 0.3) is 0 Å². The van der Waals surface area contributed by atoms with Crippen LogP contribution in [-0.4, -0.2) is 46.7 Å². The zero-order valence-electron chi connectivity index (χ0n) is 16.4. The number of nitrogens with zero attached hydrogens (tertiary/aromatic N) is 5. The van der Waals surface area contributed by atoms with Gasteiger partial charge in [-0.25, -0.2) is 8.42 Å². The van der Waals surface area contributed by atoms with Crippen molar-refractivity contribution in [2.45, 2.75) is 32.9 Å². The third kappa shape index (κ3) is 3.65. The summed E-state index contributed by atoms with van der Waals surface area (Å²) in [6.45, 7) is 3.78. The number of ketones is 1. The highest BCUT2D eigenvalue weighted by atomic mass is 32.2. The highest BCUT2D eigenvalue weighted by Crippen LogP contribution is 2.34. The van der Waals surface area contributed by atoms with Crippen LogP contribution in [0.1, 0.15) is 28.4 Å². The Morgan fingerprint density at radius 3 is 2.69 bits per heavy atom. The number of sulfonamides is 1. The van der Waals surface area contributed by atoms with Crippen LogP contribution in [0.15, 0.2) is 42.5 Å². The molecule has 0 saturated carbocycles. The largest absolute Gasteiger partial charge is 0.292 e. The van der Waals surface area contributed by atoms with E-state index in [-0.39, 0.29) is 18.4 Å². The minimum Gasteiger partial charge on any atom is -0.292 e. The standard InChI is InChI=1S/C20H21N5O3S/c1-13-6-4-5-7-17(13)20-21-23-24(22-20)12-19(26)15-8-9-18-16(11-15)10-14(2)25(18)29(3,27)28/h4-9,11,14H,10,12H2,1-3H3/t14-/m1/s1. The Labute approximate surface area is 169 Å². The van der Waals surface area contributed by atoms with E-state index in [1.165, 1.54) is 15.4 Å². The van der Waals surface area contributed by atoms with Crippen LogP contribution in [0.2, 0.25) is 0 Å².